The molecular weight excluding hydrogens is 403 g/mol. The largest absolute Gasteiger partial charge is 0.495 e. The lowest BCUT2D eigenvalue weighted by Crippen LogP contribution is -2.15. The number of methoxy groups -OCH3 is 1. The Morgan fingerprint density at radius 1 is 1.29 bits per heavy atom. The quantitative estimate of drug-likeness (QED) is 0.826. The van der Waals surface area contributed by atoms with Gasteiger partial charge in [0.2, 0.25) is 0 Å². The molecule has 0 aliphatic carbocycles. The van der Waals surface area contributed by atoms with Gasteiger partial charge in [0.15, 0.2) is 5.82 Å². The maximum Gasteiger partial charge on any atom is 0.266 e. The Balaban J connectivity index is 2.45. The molecule has 0 bridgehead atoms. The molecule has 0 saturated carbocycles. The first-order valence-electron chi connectivity index (χ1n) is 5.51. The van der Waals surface area contributed by atoms with Gasteiger partial charge in [-0.15, -0.1) is 0 Å². The highest BCUT2D eigenvalue weighted by Crippen LogP contribution is 2.30. The molecule has 1 aromatic carbocycles. The van der Waals surface area contributed by atoms with Gasteiger partial charge in [-0.25, -0.2) is 13.4 Å². The van der Waals surface area contributed by atoms with Crippen molar-refractivity contribution in [3.05, 3.63) is 45.0 Å². The van der Waals surface area contributed by atoms with E-state index in [9.17, 15) is 8.42 Å². The van der Waals surface area contributed by atoms with Gasteiger partial charge >= 0.3 is 0 Å². The number of hydrogen-bond donors (Lipinski definition) is 1. The summed E-state index contributed by atoms with van der Waals surface area (Å²) >= 11 is 14.9. The van der Waals surface area contributed by atoms with Gasteiger partial charge in [-0.05, 0) is 24.3 Å². The zero-order valence-electron chi connectivity index (χ0n) is 10.6. The number of hydrogen-bond acceptors (Lipinski definition) is 4. The number of nitrogens with one attached hydrogen (secondary N) is 1. The summed E-state index contributed by atoms with van der Waals surface area (Å²) in [6, 6.07) is 6.03. The minimum absolute atomic E-state index is 0.0110. The second-order valence-corrected chi connectivity index (χ2v) is 7.29. The van der Waals surface area contributed by atoms with Crippen LogP contribution < -0.4 is 9.46 Å². The van der Waals surface area contributed by atoms with Gasteiger partial charge in [-0.1, -0.05) is 39.1 Å². The molecule has 0 unspecified atom stereocenters. The molecule has 5 nitrogen and oxygen atoms in total. The van der Waals surface area contributed by atoms with E-state index in [4.69, 9.17) is 27.9 Å². The monoisotopic (exact) mass is 410 g/mol. The van der Waals surface area contributed by atoms with Crippen molar-refractivity contribution in [3.8, 4) is 5.75 Å². The van der Waals surface area contributed by atoms with Gasteiger partial charge < -0.3 is 4.74 Å². The number of nitrogens with zero attached hydrogens (tertiary/aromatic N) is 1. The van der Waals surface area contributed by atoms with Gasteiger partial charge in [0, 0.05) is 10.7 Å². The fourth-order valence-corrected chi connectivity index (χ4v) is 3.75. The highest BCUT2D eigenvalue weighted by molar-refractivity contribution is 9.10. The van der Waals surface area contributed by atoms with Crippen molar-refractivity contribution in [3.63, 3.8) is 0 Å². The molecule has 9 heteroatoms. The third kappa shape index (κ3) is 3.79. The van der Waals surface area contributed by atoms with E-state index >= 15 is 0 Å². The van der Waals surface area contributed by atoms with Gasteiger partial charge in [0.25, 0.3) is 10.0 Å². The number of halogens is 3. The van der Waals surface area contributed by atoms with Crippen molar-refractivity contribution >= 4 is 55.0 Å². The first kappa shape index (κ1) is 16.4. The number of pyridine rings is 1. The standard InChI is InChI=1S/C12H9BrCl2N2O3S/c1-20-10-3-2-7(13)4-11(10)21(18,19)17-12-9(15)5-8(14)6-16-12/h2-6H,1H3,(H,16,17). The number of sulfonamides is 1. The number of benzene rings is 1. The van der Waals surface area contributed by atoms with Crippen molar-refractivity contribution in [1.29, 1.82) is 0 Å². The van der Waals surface area contributed by atoms with Crippen LogP contribution in [0, 0.1) is 0 Å². The molecule has 21 heavy (non-hydrogen) atoms. The third-order valence-electron chi connectivity index (χ3n) is 2.45. The first-order valence-corrected chi connectivity index (χ1v) is 8.54. The van der Waals surface area contributed by atoms with E-state index < -0.39 is 10.0 Å². The second-order valence-electron chi connectivity index (χ2n) is 3.88. The Morgan fingerprint density at radius 2 is 2.00 bits per heavy atom. The number of aromatic nitrogens is 1. The summed E-state index contributed by atoms with van der Waals surface area (Å²) in [6.45, 7) is 0. The molecule has 0 aliphatic heterocycles. The molecule has 1 aromatic heterocycles. The molecule has 0 amide bonds. The molecule has 112 valence electrons. The topological polar surface area (TPSA) is 68.3 Å². The second kappa shape index (κ2) is 6.39. The smallest absolute Gasteiger partial charge is 0.266 e. The van der Waals surface area contributed by atoms with Crippen LogP contribution in [0.25, 0.3) is 0 Å². The van der Waals surface area contributed by atoms with Crippen molar-refractivity contribution in [2.24, 2.45) is 0 Å². The molecule has 0 spiro atoms. The summed E-state index contributed by atoms with van der Waals surface area (Å²) in [5.41, 5.74) is 0. The minimum Gasteiger partial charge on any atom is -0.495 e. The highest BCUT2D eigenvalue weighted by atomic mass is 79.9. The normalized spacial score (nSPS) is 11.2. The fourth-order valence-electron chi connectivity index (χ4n) is 1.53. The summed E-state index contributed by atoms with van der Waals surface area (Å²) in [4.78, 5) is 3.82. The molecule has 0 fully saturated rings. The minimum atomic E-state index is -3.91. The molecule has 0 radical (unpaired) electrons. The predicted octanol–water partition coefficient (Wildman–Crippen LogP) is 3.96. The van der Waals surface area contributed by atoms with Gasteiger partial charge in [0.05, 0.1) is 17.2 Å². The van der Waals surface area contributed by atoms with E-state index in [1.165, 1.54) is 31.5 Å². The van der Waals surface area contributed by atoms with Crippen molar-refractivity contribution in [2.75, 3.05) is 11.8 Å². The molecular formula is C12H9BrCl2N2O3S. The Bertz CT molecular complexity index is 784. The first-order chi connectivity index (χ1) is 9.83. The Hall–Kier alpha value is -1.02. The van der Waals surface area contributed by atoms with Crippen LogP contribution in [0.2, 0.25) is 10.0 Å². The Kier molecular flexibility index (Phi) is 4.98. The average molecular weight is 412 g/mol. The lowest BCUT2D eigenvalue weighted by molar-refractivity contribution is 0.403. The maximum atomic E-state index is 12.4. The summed E-state index contributed by atoms with van der Waals surface area (Å²) in [6.07, 6.45) is 1.30. The van der Waals surface area contributed by atoms with Crippen LogP contribution in [-0.4, -0.2) is 20.5 Å². The lowest BCUT2D eigenvalue weighted by atomic mass is 10.3. The molecule has 1 heterocycles. The van der Waals surface area contributed by atoms with E-state index in [1.54, 1.807) is 6.07 Å². The van der Waals surface area contributed by atoms with E-state index in [-0.39, 0.29) is 21.5 Å². The maximum absolute atomic E-state index is 12.4. The summed E-state index contributed by atoms with van der Waals surface area (Å²) in [5.74, 6) is 0.193. The predicted molar refractivity (Wildman–Crippen MR) is 85.8 cm³/mol. The zero-order chi connectivity index (χ0) is 15.6. The Labute approximate surface area is 140 Å². The van der Waals surface area contributed by atoms with Crippen LogP contribution in [0.1, 0.15) is 0 Å². The Morgan fingerprint density at radius 3 is 2.62 bits per heavy atom. The molecule has 0 saturated heterocycles. The SMILES string of the molecule is COc1ccc(Br)cc1S(=O)(=O)Nc1ncc(Cl)cc1Cl. The van der Waals surface area contributed by atoms with Crippen LogP contribution >= 0.6 is 39.1 Å². The molecule has 2 rings (SSSR count). The zero-order valence-corrected chi connectivity index (χ0v) is 14.5. The van der Waals surface area contributed by atoms with E-state index in [2.05, 4.69) is 25.6 Å². The molecule has 1 N–H and O–H groups in total. The van der Waals surface area contributed by atoms with E-state index in [1.807, 2.05) is 0 Å². The van der Waals surface area contributed by atoms with Gasteiger partial charge in [-0.2, -0.15) is 0 Å². The van der Waals surface area contributed by atoms with Crippen molar-refractivity contribution in [1.82, 2.24) is 4.98 Å². The van der Waals surface area contributed by atoms with Crippen molar-refractivity contribution < 1.29 is 13.2 Å². The number of anilines is 1. The summed E-state index contributed by atoms with van der Waals surface area (Å²) in [5, 5.41) is 0.406. The lowest BCUT2D eigenvalue weighted by Gasteiger charge is -2.12. The van der Waals surface area contributed by atoms with Crippen LogP contribution in [0.5, 0.6) is 5.75 Å². The summed E-state index contributed by atoms with van der Waals surface area (Å²) in [7, 11) is -2.52. The van der Waals surface area contributed by atoms with Gasteiger partial charge in [-0.3, -0.25) is 4.72 Å². The van der Waals surface area contributed by atoms with Crippen LogP contribution in [0.3, 0.4) is 0 Å². The fraction of sp³-hybridized carbons (Fsp3) is 0.0833. The highest BCUT2D eigenvalue weighted by Gasteiger charge is 2.21. The van der Waals surface area contributed by atoms with Crippen LogP contribution in [0.15, 0.2) is 39.8 Å². The van der Waals surface area contributed by atoms with Gasteiger partial charge in [0.1, 0.15) is 10.6 Å². The molecule has 2 aromatic rings. The van der Waals surface area contributed by atoms with E-state index in [0.29, 0.717) is 9.50 Å². The number of rotatable bonds is 4. The van der Waals surface area contributed by atoms with Crippen LogP contribution in [0.4, 0.5) is 5.82 Å². The van der Waals surface area contributed by atoms with E-state index in [0.717, 1.165) is 0 Å². The summed E-state index contributed by atoms with van der Waals surface area (Å²) < 4.78 is 32.8. The molecule has 0 atom stereocenters. The van der Waals surface area contributed by atoms with Crippen LogP contribution in [-0.2, 0) is 10.0 Å². The number of ether oxygens (including phenoxy) is 1. The van der Waals surface area contributed by atoms with Crippen molar-refractivity contribution in [2.45, 2.75) is 4.90 Å². The average Bonchev–Trinajstić information content (AvgIpc) is 2.42. The third-order valence-corrected chi connectivity index (χ3v) is 4.80. The molecule has 0 aliphatic rings.